The molecule has 1 aliphatic heterocycles. The van der Waals surface area contributed by atoms with Gasteiger partial charge in [-0.15, -0.1) is 0 Å². The molecule has 2 amide bonds. The van der Waals surface area contributed by atoms with Gasteiger partial charge in [0.15, 0.2) is 5.82 Å². The Balaban J connectivity index is 1.55. The van der Waals surface area contributed by atoms with Crippen LogP contribution in [0.5, 0.6) is 0 Å². The van der Waals surface area contributed by atoms with Gasteiger partial charge in [-0.05, 0) is 24.3 Å². The first-order valence-electron chi connectivity index (χ1n) is 10.8. The van der Waals surface area contributed by atoms with Crippen LogP contribution in [0.25, 0.3) is 16.9 Å². The molecule has 4 rings (SSSR count). The molecule has 0 aliphatic carbocycles. The zero-order valence-corrected chi connectivity index (χ0v) is 18.3. The number of carbonyl (C=O) groups excluding carboxylic acids is 1. The van der Waals surface area contributed by atoms with Crippen molar-refractivity contribution in [3.63, 3.8) is 0 Å². The molecule has 34 heavy (non-hydrogen) atoms. The van der Waals surface area contributed by atoms with Crippen molar-refractivity contribution >= 4 is 17.5 Å². The van der Waals surface area contributed by atoms with Gasteiger partial charge < -0.3 is 21.1 Å². The Hall–Kier alpha value is -3.57. The minimum Gasteiger partial charge on any atom is -0.382 e. The molecule has 180 valence electrons. The Kier molecular flexibility index (Phi) is 7.03. The molecular formula is C23H25F3N6O2. The SMILES string of the molecule is Nc1c(NC(=O)NCCN2CCOCC2)c(-c2ccccc2)nn1-c1ccc(C(F)(F)F)cc1. The van der Waals surface area contributed by atoms with Crippen LogP contribution >= 0.6 is 0 Å². The lowest BCUT2D eigenvalue weighted by Crippen LogP contribution is -2.42. The van der Waals surface area contributed by atoms with Crippen LogP contribution in [0, 0.1) is 0 Å². The summed E-state index contributed by atoms with van der Waals surface area (Å²) in [7, 11) is 0. The van der Waals surface area contributed by atoms with Gasteiger partial charge in [0.05, 0.1) is 24.5 Å². The number of aromatic nitrogens is 2. The summed E-state index contributed by atoms with van der Waals surface area (Å²) >= 11 is 0. The van der Waals surface area contributed by atoms with E-state index in [2.05, 4.69) is 20.6 Å². The highest BCUT2D eigenvalue weighted by Crippen LogP contribution is 2.35. The molecule has 0 bridgehead atoms. The maximum absolute atomic E-state index is 12.9. The zero-order valence-electron chi connectivity index (χ0n) is 18.3. The van der Waals surface area contributed by atoms with E-state index in [4.69, 9.17) is 10.5 Å². The number of alkyl halides is 3. The molecule has 2 aromatic carbocycles. The van der Waals surface area contributed by atoms with E-state index in [0.29, 0.717) is 43.2 Å². The van der Waals surface area contributed by atoms with Gasteiger partial charge in [-0.25, -0.2) is 9.48 Å². The van der Waals surface area contributed by atoms with Crippen molar-refractivity contribution in [3.05, 3.63) is 60.2 Å². The van der Waals surface area contributed by atoms with Gasteiger partial charge in [-0.1, -0.05) is 30.3 Å². The molecule has 1 aromatic heterocycles. The first kappa shape index (κ1) is 23.6. The lowest BCUT2D eigenvalue weighted by Gasteiger charge is -2.26. The highest BCUT2D eigenvalue weighted by Gasteiger charge is 2.30. The first-order chi connectivity index (χ1) is 16.3. The van der Waals surface area contributed by atoms with Crippen molar-refractivity contribution in [3.8, 4) is 16.9 Å². The average molecular weight is 474 g/mol. The van der Waals surface area contributed by atoms with E-state index in [9.17, 15) is 18.0 Å². The summed E-state index contributed by atoms with van der Waals surface area (Å²) in [6.45, 7) is 4.09. The molecule has 0 saturated carbocycles. The molecule has 0 unspecified atom stereocenters. The number of hydrogen-bond donors (Lipinski definition) is 3. The first-order valence-corrected chi connectivity index (χ1v) is 10.8. The normalized spacial score (nSPS) is 14.7. The summed E-state index contributed by atoms with van der Waals surface area (Å²) in [6.07, 6.45) is -4.45. The quantitative estimate of drug-likeness (QED) is 0.507. The fourth-order valence-electron chi connectivity index (χ4n) is 3.65. The van der Waals surface area contributed by atoms with Crippen molar-refractivity contribution in [1.29, 1.82) is 0 Å². The average Bonchev–Trinajstić information content (AvgIpc) is 3.16. The lowest BCUT2D eigenvalue weighted by molar-refractivity contribution is -0.137. The summed E-state index contributed by atoms with van der Waals surface area (Å²) < 4.78 is 45.5. The van der Waals surface area contributed by atoms with Crippen LogP contribution in [0.2, 0.25) is 0 Å². The third-order valence-corrected chi connectivity index (χ3v) is 5.46. The second kappa shape index (κ2) is 10.1. The Labute approximate surface area is 194 Å². The number of carbonyl (C=O) groups is 1. The number of urea groups is 1. The number of morpholine rings is 1. The predicted octanol–water partition coefficient (Wildman–Crippen LogP) is 3.59. The van der Waals surface area contributed by atoms with Crippen LogP contribution in [0.1, 0.15) is 5.56 Å². The summed E-state index contributed by atoms with van der Waals surface area (Å²) in [4.78, 5) is 14.8. The van der Waals surface area contributed by atoms with Crippen molar-refractivity contribution in [2.75, 3.05) is 50.4 Å². The second-order valence-electron chi connectivity index (χ2n) is 7.77. The van der Waals surface area contributed by atoms with E-state index < -0.39 is 17.8 Å². The fourth-order valence-corrected chi connectivity index (χ4v) is 3.65. The van der Waals surface area contributed by atoms with Gasteiger partial charge in [0.25, 0.3) is 0 Å². The van der Waals surface area contributed by atoms with Gasteiger partial charge in [0.1, 0.15) is 11.4 Å². The molecule has 2 heterocycles. The largest absolute Gasteiger partial charge is 0.416 e. The Morgan fingerprint density at radius 3 is 2.38 bits per heavy atom. The maximum Gasteiger partial charge on any atom is 0.416 e. The maximum atomic E-state index is 12.9. The molecule has 0 spiro atoms. The van der Waals surface area contributed by atoms with E-state index in [-0.39, 0.29) is 11.5 Å². The molecule has 8 nitrogen and oxygen atoms in total. The highest BCUT2D eigenvalue weighted by atomic mass is 19.4. The van der Waals surface area contributed by atoms with E-state index in [1.54, 1.807) is 12.1 Å². The number of rotatable bonds is 6. The Morgan fingerprint density at radius 2 is 1.74 bits per heavy atom. The topological polar surface area (TPSA) is 97.4 Å². The van der Waals surface area contributed by atoms with Crippen molar-refractivity contribution in [1.82, 2.24) is 20.0 Å². The number of amides is 2. The smallest absolute Gasteiger partial charge is 0.382 e. The third kappa shape index (κ3) is 5.49. The molecule has 1 aliphatic rings. The van der Waals surface area contributed by atoms with E-state index in [0.717, 1.165) is 25.2 Å². The molecule has 0 atom stereocenters. The molecule has 0 radical (unpaired) electrons. The van der Waals surface area contributed by atoms with Gasteiger partial charge in [0, 0.05) is 31.7 Å². The highest BCUT2D eigenvalue weighted by molar-refractivity contribution is 5.97. The molecule has 11 heteroatoms. The van der Waals surface area contributed by atoms with Crippen LogP contribution in [0.3, 0.4) is 0 Å². The third-order valence-electron chi connectivity index (χ3n) is 5.46. The van der Waals surface area contributed by atoms with Crippen LogP contribution in [0.4, 0.5) is 29.5 Å². The molecule has 4 N–H and O–H groups in total. The van der Waals surface area contributed by atoms with E-state index in [1.807, 2.05) is 18.2 Å². The zero-order chi connectivity index (χ0) is 24.1. The minimum absolute atomic E-state index is 0.0990. The minimum atomic E-state index is -4.45. The number of hydrogen-bond acceptors (Lipinski definition) is 5. The standard InChI is InChI=1S/C23H25F3N6O2/c24-23(25,26)17-6-8-18(9-7-17)32-21(27)20(19(30-32)16-4-2-1-3-5-16)29-22(33)28-10-11-31-12-14-34-15-13-31/h1-9H,10-15,27H2,(H2,28,29,33). The van der Waals surface area contributed by atoms with Crippen LogP contribution in [0.15, 0.2) is 54.6 Å². The number of nitrogens with two attached hydrogens (primary N) is 1. The van der Waals surface area contributed by atoms with Gasteiger partial charge in [-0.2, -0.15) is 18.3 Å². The molecular weight excluding hydrogens is 449 g/mol. The van der Waals surface area contributed by atoms with Gasteiger partial charge >= 0.3 is 12.2 Å². The van der Waals surface area contributed by atoms with Crippen molar-refractivity contribution in [2.45, 2.75) is 6.18 Å². The number of nitrogens with one attached hydrogen (secondary N) is 2. The second-order valence-corrected chi connectivity index (χ2v) is 7.77. The van der Waals surface area contributed by atoms with Gasteiger partial charge in [0.2, 0.25) is 0 Å². The molecule has 1 saturated heterocycles. The number of anilines is 2. The van der Waals surface area contributed by atoms with E-state index >= 15 is 0 Å². The van der Waals surface area contributed by atoms with E-state index in [1.165, 1.54) is 16.8 Å². The van der Waals surface area contributed by atoms with Crippen molar-refractivity contribution in [2.24, 2.45) is 0 Å². The Bertz CT molecular complexity index is 1110. The summed E-state index contributed by atoms with van der Waals surface area (Å²) in [6, 6.07) is 13.1. The number of ether oxygens (including phenoxy) is 1. The van der Waals surface area contributed by atoms with Crippen molar-refractivity contribution < 1.29 is 22.7 Å². The monoisotopic (exact) mass is 474 g/mol. The Morgan fingerprint density at radius 1 is 1.06 bits per heavy atom. The number of nitrogens with zero attached hydrogens (tertiary/aromatic N) is 3. The fraction of sp³-hybridized carbons (Fsp3) is 0.304. The summed E-state index contributed by atoms with van der Waals surface area (Å²) in [5, 5.41) is 10.1. The molecule has 3 aromatic rings. The van der Waals surface area contributed by atoms with Crippen LogP contribution < -0.4 is 16.4 Å². The predicted molar refractivity (Wildman–Crippen MR) is 123 cm³/mol. The molecule has 1 fully saturated rings. The number of nitrogen functional groups attached to an aromatic ring is 1. The summed E-state index contributed by atoms with van der Waals surface area (Å²) in [5.74, 6) is 0.0990. The summed E-state index contributed by atoms with van der Waals surface area (Å²) in [5.41, 5.74) is 7.24. The lowest BCUT2D eigenvalue weighted by atomic mass is 10.1. The van der Waals surface area contributed by atoms with Crippen LogP contribution in [-0.4, -0.2) is 60.1 Å². The number of benzene rings is 2. The van der Waals surface area contributed by atoms with Gasteiger partial charge in [-0.3, -0.25) is 4.90 Å². The number of halogens is 3. The van der Waals surface area contributed by atoms with Crippen LogP contribution in [-0.2, 0) is 10.9 Å².